The van der Waals surface area contributed by atoms with Crippen molar-refractivity contribution in [2.24, 2.45) is 0 Å². The maximum Gasteiger partial charge on any atom is 0.256 e. The summed E-state index contributed by atoms with van der Waals surface area (Å²) in [5.74, 6) is 1.31. The Morgan fingerprint density at radius 1 is 1.21 bits per heavy atom. The molecule has 10 heteroatoms. The Labute approximate surface area is 194 Å². The maximum absolute atomic E-state index is 13.6. The number of benzene rings is 2. The van der Waals surface area contributed by atoms with Crippen molar-refractivity contribution < 1.29 is 14.1 Å². The van der Waals surface area contributed by atoms with Crippen molar-refractivity contribution in [2.75, 3.05) is 13.2 Å². The highest BCUT2D eigenvalue weighted by atomic mass is 35.5. The Morgan fingerprint density at radius 3 is 2.85 bits per heavy atom. The number of carbonyl (C=O) groups excluding carboxylic acids is 1. The van der Waals surface area contributed by atoms with E-state index < -0.39 is 0 Å². The molecule has 1 unspecified atom stereocenters. The van der Waals surface area contributed by atoms with Gasteiger partial charge in [-0.2, -0.15) is 20.0 Å². The first-order valence-electron chi connectivity index (χ1n) is 10.7. The normalized spacial score (nSPS) is 15.7. The van der Waals surface area contributed by atoms with Crippen molar-refractivity contribution in [3.8, 4) is 22.8 Å². The van der Waals surface area contributed by atoms with Gasteiger partial charge in [-0.3, -0.25) is 4.79 Å². The first-order chi connectivity index (χ1) is 16.2. The largest absolute Gasteiger partial charge is 0.493 e. The Bertz CT molecular complexity index is 1270. The predicted octanol–water partition coefficient (Wildman–Crippen LogP) is 4.35. The lowest BCUT2D eigenvalue weighted by Crippen LogP contribution is -2.31. The molecule has 1 atom stereocenters. The minimum absolute atomic E-state index is 0.193. The third-order valence-electron chi connectivity index (χ3n) is 5.49. The molecule has 1 aliphatic heterocycles. The number of hydrogen-bond donors (Lipinski definition) is 0. The van der Waals surface area contributed by atoms with Crippen LogP contribution in [0, 0.1) is 0 Å². The van der Waals surface area contributed by atoms with Crippen LogP contribution in [0.1, 0.15) is 42.1 Å². The van der Waals surface area contributed by atoms with E-state index in [-0.39, 0.29) is 11.9 Å². The van der Waals surface area contributed by atoms with E-state index in [1.165, 1.54) is 4.80 Å². The van der Waals surface area contributed by atoms with Crippen molar-refractivity contribution in [1.82, 2.24) is 30.0 Å². The smallest absolute Gasteiger partial charge is 0.256 e. The van der Waals surface area contributed by atoms with E-state index in [2.05, 4.69) is 20.3 Å². The zero-order valence-corrected chi connectivity index (χ0v) is 18.6. The number of hydrogen-bond acceptors (Lipinski definition) is 7. The van der Waals surface area contributed by atoms with Gasteiger partial charge < -0.3 is 14.2 Å². The van der Waals surface area contributed by atoms with E-state index >= 15 is 0 Å². The molecule has 2 aromatic heterocycles. The van der Waals surface area contributed by atoms with Crippen LogP contribution in [0.3, 0.4) is 0 Å². The molecule has 1 fully saturated rings. The second-order valence-corrected chi connectivity index (χ2v) is 7.96. The first kappa shape index (κ1) is 21.1. The number of halogens is 1. The molecule has 1 aliphatic rings. The third-order valence-corrected chi connectivity index (χ3v) is 5.73. The van der Waals surface area contributed by atoms with Gasteiger partial charge in [-0.15, -0.1) is 0 Å². The van der Waals surface area contributed by atoms with Crippen LogP contribution in [-0.4, -0.2) is 49.1 Å². The average Bonchev–Trinajstić information content (AvgIpc) is 3.60. The van der Waals surface area contributed by atoms with Crippen LogP contribution in [0.15, 0.2) is 59.4 Å². The molecule has 1 saturated heterocycles. The molecule has 33 heavy (non-hydrogen) atoms. The highest BCUT2D eigenvalue weighted by Gasteiger charge is 2.36. The summed E-state index contributed by atoms with van der Waals surface area (Å²) >= 11 is 6.22. The number of carbonyl (C=O) groups is 1. The SMILES string of the molecule is CCOc1ccccc1-c1noc(C2CCCN2C(=O)c2cc(Cl)ccc2-n2nccn2)n1. The van der Waals surface area contributed by atoms with E-state index in [4.69, 9.17) is 20.9 Å². The van der Waals surface area contributed by atoms with Crippen molar-refractivity contribution in [3.63, 3.8) is 0 Å². The second kappa shape index (κ2) is 9.03. The van der Waals surface area contributed by atoms with Gasteiger partial charge in [0.15, 0.2) is 0 Å². The Morgan fingerprint density at radius 2 is 2.03 bits per heavy atom. The van der Waals surface area contributed by atoms with E-state index in [0.717, 1.165) is 18.4 Å². The zero-order chi connectivity index (χ0) is 22.8. The molecule has 5 rings (SSSR count). The second-order valence-electron chi connectivity index (χ2n) is 7.52. The molecule has 0 saturated carbocycles. The van der Waals surface area contributed by atoms with Crippen LogP contribution in [0.4, 0.5) is 0 Å². The molecule has 9 nitrogen and oxygen atoms in total. The molecule has 3 heterocycles. The first-order valence-corrected chi connectivity index (χ1v) is 11.1. The summed E-state index contributed by atoms with van der Waals surface area (Å²) in [5, 5.41) is 12.9. The van der Waals surface area contributed by atoms with Gasteiger partial charge in [-0.05, 0) is 50.1 Å². The summed E-state index contributed by atoms with van der Waals surface area (Å²) in [6.07, 6.45) is 4.65. The van der Waals surface area contributed by atoms with Crippen LogP contribution >= 0.6 is 11.6 Å². The van der Waals surface area contributed by atoms with Gasteiger partial charge in [-0.25, -0.2) is 0 Å². The maximum atomic E-state index is 13.6. The number of aromatic nitrogens is 5. The number of ether oxygens (including phenoxy) is 1. The molecular weight excluding hydrogens is 444 g/mol. The zero-order valence-electron chi connectivity index (χ0n) is 17.9. The summed E-state index contributed by atoms with van der Waals surface area (Å²) in [5.41, 5.74) is 1.70. The lowest BCUT2D eigenvalue weighted by molar-refractivity contribution is 0.0709. The van der Waals surface area contributed by atoms with Crippen molar-refractivity contribution in [1.29, 1.82) is 0 Å². The van der Waals surface area contributed by atoms with Crippen LogP contribution in [-0.2, 0) is 0 Å². The van der Waals surface area contributed by atoms with E-state index in [9.17, 15) is 4.79 Å². The van der Waals surface area contributed by atoms with Crippen LogP contribution in [0.2, 0.25) is 5.02 Å². The molecule has 0 spiro atoms. The topological polar surface area (TPSA) is 99.2 Å². The molecule has 0 bridgehead atoms. The average molecular weight is 465 g/mol. The number of amides is 1. The van der Waals surface area contributed by atoms with Crippen molar-refractivity contribution in [3.05, 3.63) is 71.3 Å². The highest BCUT2D eigenvalue weighted by molar-refractivity contribution is 6.31. The molecule has 4 aromatic rings. The van der Waals surface area contributed by atoms with Gasteiger partial charge in [0.2, 0.25) is 11.7 Å². The summed E-state index contributed by atoms with van der Waals surface area (Å²) in [6, 6.07) is 12.3. The fourth-order valence-corrected chi connectivity index (χ4v) is 4.20. The standard InChI is InChI=1S/C23H21ClN6O3/c1-2-32-20-8-4-3-6-16(20)21-27-22(33-28-21)19-7-5-13-29(19)23(31)17-14-15(24)9-10-18(17)30-25-11-12-26-30/h3-4,6,8-12,14,19H,2,5,7,13H2,1H3. The highest BCUT2D eigenvalue weighted by Crippen LogP contribution is 2.35. The van der Waals surface area contributed by atoms with Gasteiger partial charge in [-0.1, -0.05) is 28.9 Å². The Kier molecular flexibility index (Phi) is 5.78. The third kappa shape index (κ3) is 4.07. The van der Waals surface area contributed by atoms with E-state index in [0.29, 0.717) is 46.9 Å². The lowest BCUT2D eigenvalue weighted by atomic mass is 10.1. The minimum atomic E-state index is -0.338. The molecule has 0 aliphatic carbocycles. The monoisotopic (exact) mass is 464 g/mol. The van der Waals surface area contributed by atoms with Crippen LogP contribution in [0.5, 0.6) is 5.75 Å². The Hall–Kier alpha value is -3.72. The summed E-state index contributed by atoms with van der Waals surface area (Å²) in [4.78, 5) is 21.4. The molecular formula is C23H21ClN6O3. The van der Waals surface area contributed by atoms with Crippen LogP contribution in [0.25, 0.3) is 17.1 Å². The molecule has 168 valence electrons. The Balaban J connectivity index is 1.46. The van der Waals surface area contributed by atoms with Gasteiger partial charge in [0.25, 0.3) is 5.91 Å². The van der Waals surface area contributed by atoms with Gasteiger partial charge in [0.1, 0.15) is 11.8 Å². The van der Waals surface area contributed by atoms with Gasteiger partial charge >= 0.3 is 0 Å². The molecule has 1 amide bonds. The fraction of sp³-hybridized carbons (Fsp3) is 0.261. The molecule has 0 radical (unpaired) electrons. The number of likely N-dealkylation sites (tertiary alicyclic amines) is 1. The minimum Gasteiger partial charge on any atom is -0.493 e. The molecule has 0 N–H and O–H groups in total. The fourth-order valence-electron chi connectivity index (χ4n) is 4.03. The summed E-state index contributed by atoms with van der Waals surface area (Å²) < 4.78 is 11.3. The van der Waals surface area contributed by atoms with E-state index in [1.54, 1.807) is 35.5 Å². The number of para-hydroxylation sites is 1. The lowest BCUT2D eigenvalue weighted by Gasteiger charge is -2.23. The van der Waals surface area contributed by atoms with Crippen molar-refractivity contribution in [2.45, 2.75) is 25.8 Å². The predicted molar refractivity (Wildman–Crippen MR) is 120 cm³/mol. The quantitative estimate of drug-likeness (QED) is 0.418. The number of nitrogens with zero attached hydrogens (tertiary/aromatic N) is 6. The van der Waals surface area contributed by atoms with Crippen molar-refractivity contribution >= 4 is 17.5 Å². The molecule has 2 aromatic carbocycles. The van der Waals surface area contributed by atoms with Gasteiger partial charge in [0.05, 0.1) is 35.8 Å². The summed E-state index contributed by atoms with van der Waals surface area (Å²) in [7, 11) is 0. The summed E-state index contributed by atoms with van der Waals surface area (Å²) in [6.45, 7) is 3.01. The number of rotatable bonds is 6. The van der Waals surface area contributed by atoms with E-state index in [1.807, 2.05) is 31.2 Å². The van der Waals surface area contributed by atoms with Gasteiger partial charge in [0, 0.05) is 11.6 Å². The van der Waals surface area contributed by atoms with Crippen LogP contribution < -0.4 is 4.74 Å².